The van der Waals surface area contributed by atoms with Crippen molar-refractivity contribution in [3.05, 3.63) is 30.1 Å². The van der Waals surface area contributed by atoms with Crippen LogP contribution in [0.1, 0.15) is 31.4 Å². The van der Waals surface area contributed by atoms with Crippen LogP contribution in [-0.4, -0.2) is 28.6 Å². The van der Waals surface area contributed by atoms with E-state index in [4.69, 9.17) is 9.94 Å². The summed E-state index contributed by atoms with van der Waals surface area (Å²) in [6, 6.07) is 5.93. The lowest BCUT2D eigenvalue weighted by Gasteiger charge is -2.22. The standard InChI is InChI=1S/C13H18N2O2/c16-15-12-4-6-13(7-5-12)17-10-8-11-3-1-2-9-14-11/h1-3,9,13,16H,4-8,10H2. The van der Waals surface area contributed by atoms with Crippen molar-refractivity contribution in [1.82, 2.24) is 4.98 Å². The van der Waals surface area contributed by atoms with Crippen molar-refractivity contribution in [2.24, 2.45) is 5.16 Å². The number of hydrogen-bond acceptors (Lipinski definition) is 4. The molecule has 0 bridgehead atoms. The summed E-state index contributed by atoms with van der Waals surface area (Å²) in [5.74, 6) is 0. The molecule has 1 saturated carbocycles. The van der Waals surface area contributed by atoms with Gasteiger partial charge in [-0.3, -0.25) is 4.98 Å². The van der Waals surface area contributed by atoms with Gasteiger partial charge in [-0.15, -0.1) is 0 Å². The zero-order valence-electron chi connectivity index (χ0n) is 9.88. The number of aromatic nitrogens is 1. The van der Waals surface area contributed by atoms with Crippen molar-refractivity contribution in [2.45, 2.75) is 38.2 Å². The molecular formula is C13H18N2O2. The van der Waals surface area contributed by atoms with Crippen molar-refractivity contribution < 1.29 is 9.94 Å². The first-order valence-electron chi connectivity index (χ1n) is 6.10. The Kier molecular flexibility index (Phi) is 4.50. The van der Waals surface area contributed by atoms with Crippen molar-refractivity contribution in [3.8, 4) is 0 Å². The molecule has 1 aliphatic carbocycles. The Morgan fingerprint density at radius 3 is 2.82 bits per heavy atom. The van der Waals surface area contributed by atoms with E-state index in [0.29, 0.717) is 12.7 Å². The summed E-state index contributed by atoms with van der Waals surface area (Å²) in [6.45, 7) is 0.716. The summed E-state index contributed by atoms with van der Waals surface area (Å²) in [6.07, 6.45) is 6.60. The molecular weight excluding hydrogens is 216 g/mol. The number of ether oxygens (including phenoxy) is 1. The zero-order chi connectivity index (χ0) is 11.9. The van der Waals surface area contributed by atoms with Gasteiger partial charge >= 0.3 is 0 Å². The van der Waals surface area contributed by atoms with Crippen LogP contribution in [0.5, 0.6) is 0 Å². The Bertz CT molecular complexity index is 355. The topological polar surface area (TPSA) is 54.7 Å². The second-order valence-electron chi connectivity index (χ2n) is 4.31. The van der Waals surface area contributed by atoms with Gasteiger partial charge in [-0.25, -0.2) is 0 Å². The van der Waals surface area contributed by atoms with Gasteiger partial charge in [0.25, 0.3) is 0 Å². The average Bonchev–Trinajstić information content (AvgIpc) is 2.41. The van der Waals surface area contributed by atoms with Gasteiger partial charge in [-0.05, 0) is 37.8 Å². The van der Waals surface area contributed by atoms with Crippen LogP contribution < -0.4 is 0 Å². The largest absolute Gasteiger partial charge is 0.411 e. The molecule has 1 fully saturated rings. The summed E-state index contributed by atoms with van der Waals surface area (Å²) in [5, 5.41) is 11.9. The lowest BCUT2D eigenvalue weighted by Crippen LogP contribution is -2.22. The molecule has 0 aromatic carbocycles. The highest BCUT2D eigenvalue weighted by atomic mass is 16.5. The summed E-state index contributed by atoms with van der Waals surface area (Å²) >= 11 is 0. The number of hydrogen-bond donors (Lipinski definition) is 1. The fourth-order valence-corrected chi connectivity index (χ4v) is 2.07. The second-order valence-corrected chi connectivity index (χ2v) is 4.31. The molecule has 4 nitrogen and oxygen atoms in total. The fourth-order valence-electron chi connectivity index (χ4n) is 2.07. The van der Waals surface area contributed by atoms with Gasteiger partial charge in [0.15, 0.2) is 0 Å². The predicted molar refractivity (Wildman–Crippen MR) is 65.4 cm³/mol. The first-order chi connectivity index (χ1) is 8.38. The molecule has 0 aliphatic heterocycles. The Morgan fingerprint density at radius 2 is 2.18 bits per heavy atom. The Morgan fingerprint density at radius 1 is 1.35 bits per heavy atom. The van der Waals surface area contributed by atoms with E-state index in [1.165, 1.54) is 0 Å². The molecule has 1 aliphatic rings. The molecule has 2 rings (SSSR count). The fraction of sp³-hybridized carbons (Fsp3) is 0.538. The van der Waals surface area contributed by atoms with E-state index < -0.39 is 0 Å². The Hall–Kier alpha value is -1.42. The molecule has 0 spiro atoms. The maximum absolute atomic E-state index is 8.64. The monoisotopic (exact) mass is 234 g/mol. The summed E-state index contributed by atoms with van der Waals surface area (Å²) < 4.78 is 5.80. The summed E-state index contributed by atoms with van der Waals surface area (Å²) in [7, 11) is 0. The minimum atomic E-state index is 0.309. The van der Waals surface area contributed by atoms with Crippen LogP contribution in [-0.2, 0) is 11.2 Å². The molecule has 0 atom stereocenters. The van der Waals surface area contributed by atoms with Gasteiger partial charge in [-0.1, -0.05) is 11.2 Å². The smallest absolute Gasteiger partial charge is 0.0582 e. The van der Waals surface area contributed by atoms with Crippen molar-refractivity contribution in [3.63, 3.8) is 0 Å². The second kappa shape index (κ2) is 6.35. The van der Waals surface area contributed by atoms with E-state index >= 15 is 0 Å². The highest BCUT2D eigenvalue weighted by Crippen LogP contribution is 2.19. The van der Waals surface area contributed by atoms with Crippen LogP contribution in [0.4, 0.5) is 0 Å². The number of oxime groups is 1. The minimum Gasteiger partial charge on any atom is -0.411 e. The maximum atomic E-state index is 8.64. The van der Waals surface area contributed by atoms with E-state index in [1.807, 2.05) is 18.2 Å². The van der Waals surface area contributed by atoms with E-state index in [1.54, 1.807) is 6.20 Å². The van der Waals surface area contributed by atoms with Crippen LogP contribution in [0.25, 0.3) is 0 Å². The normalized spacial score (nSPS) is 20.2. The summed E-state index contributed by atoms with van der Waals surface area (Å²) in [5.41, 5.74) is 1.97. The molecule has 1 N–H and O–H groups in total. The predicted octanol–water partition coefficient (Wildman–Crippen LogP) is 2.41. The third-order valence-corrected chi connectivity index (χ3v) is 3.09. The number of pyridine rings is 1. The third kappa shape index (κ3) is 3.82. The number of nitrogens with zero attached hydrogens (tertiary/aromatic N) is 2. The van der Waals surface area contributed by atoms with Crippen molar-refractivity contribution in [2.75, 3.05) is 6.61 Å². The van der Waals surface area contributed by atoms with Crippen LogP contribution in [0.15, 0.2) is 29.6 Å². The lowest BCUT2D eigenvalue weighted by atomic mass is 9.96. The van der Waals surface area contributed by atoms with Gasteiger partial charge in [0.1, 0.15) is 0 Å². The quantitative estimate of drug-likeness (QED) is 0.643. The molecule has 0 saturated heterocycles. The molecule has 0 radical (unpaired) electrons. The van der Waals surface area contributed by atoms with E-state index in [2.05, 4.69) is 10.1 Å². The molecule has 4 heteroatoms. The highest BCUT2D eigenvalue weighted by molar-refractivity contribution is 5.84. The van der Waals surface area contributed by atoms with Crippen molar-refractivity contribution in [1.29, 1.82) is 0 Å². The average molecular weight is 234 g/mol. The van der Waals surface area contributed by atoms with Gasteiger partial charge in [0, 0.05) is 18.3 Å². The molecule has 1 aromatic heterocycles. The molecule has 1 heterocycles. The molecule has 92 valence electrons. The van der Waals surface area contributed by atoms with Crippen LogP contribution in [0, 0.1) is 0 Å². The molecule has 1 aromatic rings. The maximum Gasteiger partial charge on any atom is 0.0582 e. The Balaban J connectivity index is 1.66. The summed E-state index contributed by atoms with van der Waals surface area (Å²) in [4.78, 5) is 4.25. The zero-order valence-corrected chi connectivity index (χ0v) is 9.88. The Labute approximate surface area is 101 Å². The molecule has 0 unspecified atom stereocenters. The minimum absolute atomic E-state index is 0.309. The van der Waals surface area contributed by atoms with Gasteiger partial charge < -0.3 is 9.94 Å². The van der Waals surface area contributed by atoms with Gasteiger partial charge in [0.2, 0.25) is 0 Å². The van der Waals surface area contributed by atoms with Crippen LogP contribution in [0.2, 0.25) is 0 Å². The molecule has 17 heavy (non-hydrogen) atoms. The van der Waals surface area contributed by atoms with Gasteiger partial charge in [-0.2, -0.15) is 0 Å². The van der Waals surface area contributed by atoms with E-state index in [0.717, 1.165) is 43.5 Å². The molecule has 0 amide bonds. The highest BCUT2D eigenvalue weighted by Gasteiger charge is 2.18. The first-order valence-corrected chi connectivity index (χ1v) is 6.10. The lowest BCUT2D eigenvalue weighted by molar-refractivity contribution is 0.0415. The number of rotatable bonds is 4. The van der Waals surface area contributed by atoms with Gasteiger partial charge in [0.05, 0.1) is 18.4 Å². The van der Waals surface area contributed by atoms with E-state index in [9.17, 15) is 0 Å². The van der Waals surface area contributed by atoms with Crippen LogP contribution >= 0.6 is 0 Å². The van der Waals surface area contributed by atoms with E-state index in [-0.39, 0.29) is 0 Å². The van der Waals surface area contributed by atoms with Crippen molar-refractivity contribution >= 4 is 5.71 Å². The SMILES string of the molecule is ON=C1CCC(OCCc2ccccn2)CC1. The van der Waals surface area contributed by atoms with Crippen LogP contribution in [0.3, 0.4) is 0 Å². The first kappa shape index (κ1) is 12.0. The third-order valence-electron chi connectivity index (χ3n) is 3.09.